The molecule has 6 nitrogen and oxygen atoms in total. The number of anilines is 1. The average molecular weight is 403 g/mol. The molecule has 1 heterocycles. The molecule has 0 aliphatic carbocycles. The maximum atomic E-state index is 12.7. The molecular formula is C21H26N2O4S. The Balaban J connectivity index is 1.74. The highest BCUT2D eigenvalue weighted by molar-refractivity contribution is 7.92. The van der Waals surface area contributed by atoms with Gasteiger partial charge in [0.15, 0.2) is 0 Å². The first-order valence-corrected chi connectivity index (χ1v) is 10.9. The van der Waals surface area contributed by atoms with Gasteiger partial charge in [0.2, 0.25) is 0 Å². The normalized spacial score (nSPS) is 17.4. The van der Waals surface area contributed by atoms with E-state index in [9.17, 15) is 18.3 Å². The molecule has 7 heteroatoms. The summed E-state index contributed by atoms with van der Waals surface area (Å²) in [6, 6.07) is 11.8. The Morgan fingerprint density at radius 2 is 1.89 bits per heavy atom. The van der Waals surface area contributed by atoms with Crippen LogP contribution in [0.1, 0.15) is 34.3 Å². The predicted molar refractivity (Wildman–Crippen MR) is 109 cm³/mol. The lowest BCUT2D eigenvalue weighted by Crippen LogP contribution is -2.40. The van der Waals surface area contributed by atoms with E-state index >= 15 is 0 Å². The number of carbonyl (C=O) groups is 1. The molecule has 1 atom stereocenters. The lowest BCUT2D eigenvalue weighted by Gasteiger charge is -2.32. The zero-order valence-corrected chi connectivity index (χ0v) is 17.0. The number of nitrogens with zero attached hydrogens (tertiary/aromatic N) is 1. The highest BCUT2D eigenvalue weighted by atomic mass is 32.2. The van der Waals surface area contributed by atoms with E-state index in [0.29, 0.717) is 29.9 Å². The number of carbonyl (C=O) groups excluding carboxylic acids is 1. The number of nitrogens with one attached hydrogen (secondary N) is 1. The van der Waals surface area contributed by atoms with Crippen molar-refractivity contribution in [2.75, 3.05) is 24.4 Å². The monoisotopic (exact) mass is 402 g/mol. The van der Waals surface area contributed by atoms with E-state index in [0.717, 1.165) is 18.4 Å². The van der Waals surface area contributed by atoms with Gasteiger partial charge in [0.05, 0.1) is 4.90 Å². The summed E-state index contributed by atoms with van der Waals surface area (Å²) in [5.74, 6) is 0.0310. The number of sulfonamides is 1. The van der Waals surface area contributed by atoms with E-state index in [4.69, 9.17) is 0 Å². The van der Waals surface area contributed by atoms with E-state index in [-0.39, 0.29) is 23.3 Å². The number of benzene rings is 2. The first-order chi connectivity index (χ1) is 13.3. The summed E-state index contributed by atoms with van der Waals surface area (Å²) in [5, 5.41) is 9.33. The molecule has 0 spiro atoms. The molecule has 2 aromatic rings. The van der Waals surface area contributed by atoms with Crippen LogP contribution < -0.4 is 4.72 Å². The summed E-state index contributed by atoms with van der Waals surface area (Å²) >= 11 is 0. The number of rotatable bonds is 5. The van der Waals surface area contributed by atoms with Crippen molar-refractivity contribution in [3.63, 3.8) is 0 Å². The van der Waals surface area contributed by atoms with E-state index < -0.39 is 10.0 Å². The van der Waals surface area contributed by atoms with E-state index in [2.05, 4.69) is 4.72 Å². The largest absolute Gasteiger partial charge is 0.396 e. The van der Waals surface area contributed by atoms with Crippen LogP contribution in [0.15, 0.2) is 47.4 Å². The van der Waals surface area contributed by atoms with Crippen molar-refractivity contribution < 1.29 is 18.3 Å². The molecule has 1 aliphatic rings. The molecule has 0 bridgehead atoms. The minimum Gasteiger partial charge on any atom is -0.396 e. The van der Waals surface area contributed by atoms with E-state index in [1.165, 1.54) is 0 Å². The fourth-order valence-electron chi connectivity index (χ4n) is 3.47. The van der Waals surface area contributed by atoms with Crippen molar-refractivity contribution >= 4 is 21.6 Å². The number of hydrogen-bond donors (Lipinski definition) is 2. The van der Waals surface area contributed by atoms with Crippen LogP contribution in [0.25, 0.3) is 0 Å². The first-order valence-electron chi connectivity index (χ1n) is 9.40. The number of piperidine rings is 1. The van der Waals surface area contributed by atoms with Crippen molar-refractivity contribution in [3.8, 4) is 0 Å². The number of aryl methyl sites for hydroxylation is 2. The van der Waals surface area contributed by atoms with Gasteiger partial charge in [0, 0.05) is 30.9 Å². The Kier molecular flexibility index (Phi) is 6.05. The Hall–Kier alpha value is -2.38. The molecule has 2 aromatic carbocycles. The zero-order valence-electron chi connectivity index (χ0n) is 16.2. The quantitative estimate of drug-likeness (QED) is 0.805. The number of amides is 1. The molecule has 1 saturated heterocycles. The van der Waals surface area contributed by atoms with Crippen LogP contribution in [0.3, 0.4) is 0 Å². The molecule has 3 rings (SSSR count). The van der Waals surface area contributed by atoms with Crippen LogP contribution in [0, 0.1) is 19.8 Å². The molecule has 2 N–H and O–H groups in total. The van der Waals surface area contributed by atoms with Crippen LogP contribution in [0.4, 0.5) is 5.69 Å². The SMILES string of the molecule is Cc1ccc(C)c(S(=O)(=O)Nc2ccc(C(=O)N3CCC[C@@H](CO)C3)cc2)c1. The van der Waals surface area contributed by atoms with Gasteiger partial charge in [-0.25, -0.2) is 8.42 Å². The highest BCUT2D eigenvalue weighted by Gasteiger charge is 2.24. The highest BCUT2D eigenvalue weighted by Crippen LogP contribution is 2.22. The van der Waals surface area contributed by atoms with Gasteiger partial charge in [-0.1, -0.05) is 12.1 Å². The molecule has 1 aliphatic heterocycles. The third kappa shape index (κ3) is 4.54. The summed E-state index contributed by atoms with van der Waals surface area (Å²) in [7, 11) is -3.70. The Labute approximate surface area is 166 Å². The molecular weight excluding hydrogens is 376 g/mol. The second kappa shape index (κ2) is 8.32. The van der Waals surface area contributed by atoms with Crippen molar-refractivity contribution in [1.82, 2.24) is 4.90 Å². The van der Waals surface area contributed by atoms with Gasteiger partial charge in [0.25, 0.3) is 15.9 Å². The average Bonchev–Trinajstić information content (AvgIpc) is 2.69. The predicted octanol–water partition coefficient (Wildman–Crippen LogP) is 2.95. The fraction of sp³-hybridized carbons (Fsp3) is 0.381. The maximum Gasteiger partial charge on any atom is 0.262 e. The Morgan fingerprint density at radius 1 is 1.18 bits per heavy atom. The van der Waals surface area contributed by atoms with Crippen molar-refractivity contribution in [3.05, 3.63) is 59.2 Å². The topological polar surface area (TPSA) is 86.7 Å². The molecule has 28 heavy (non-hydrogen) atoms. The summed E-state index contributed by atoms with van der Waals surface area (Å²) in [4.78, 5) is 14.7. The minimum atomic E-state index is -3.70. The third-order valence-corrected chi connectivity index (χ3v) is 6.60. The number of hydrogen-bond acceptors (Lipinski definition) is 4. The van der Waals surface area contributed by atoms with Crippen LogP contribution in [0.2, 0.25) is 0 Å². The molecule has 0 aromatic heterocycles. The lowest BCUT2D eigenvalue weighted by molar-refractivity contribution is 0.0620. The summed E-state index contributed by atoms with van der Waals surface area (Å²) in [5.41, 5.74) is 2.46. The second-order valence-corrected chi connectivity index (χ2v) is 9.04. The van der Waals surface area contributed by atoms with Gasteiger partial charge >= 0.3 is 0 Å². The Morgan fingerprint density at radius 3 is 2.57 bits per heavy atom. The molecule has 0 radical (unpaired) electrons. The summed E-state index contributed by atoms with van der Waals surface area (Å²) in [6.07, 6.45) is 1.81. The van der Waals surface area contributed by atoms with E-state index in [1.54, 1.807) is 48.2 Å². The maximum absolute atomic E-state index is 12.7. The Bertz CT molecular complexity index is 955. The molecule has 1 amide bonds. The van der Waals surface area contributed by atoms with Gasteiger partial charge in [-0.05, 0) is 74.1 Å². The zero-order chi connectivity index (χ0) is 20.3. The van der Waals surface area contributed by atoms with Crippen LogP contribution in [-0.4, -0.2) is 44.0 Å². The van der Waals surface area contributed by atoms with E-state index in [1.807, 2.05) is 13.0 Å². The van der Waals surface area contributed by atoms with Crippen LogP contribution in [-0.2, 0) is 10.0 Å². The van der Waals surface area contributed by atoms with Gasteiger partial charge in [0.1, 0.15) is 0 Å². The summed E-state index contributed by atoms with van der Waals surface area (Å²) < 4.78 is 28.0. The molecule has 0 unspecified atom stereocenters. The smallest absolute Gasteiger partial charge is 0.262 e. The fourth-order valence-corrected chi connectivity index (χ4v) is 4.86. The van der Waals surface area contributed by atoms with Crippen LogP contribution >= 0.6 is 0 Å². The van der Waals surface area contributed by atoms with Crippen molar-refractivity contribution in [2.45, 2.75) is 31.6 Å². The third-order valence-electron chi connectivity index (χ3n) is 5.08. The number of likely N-dealkylation sites (tertiary alicyclic amines) is 1. The van der Waals surface area contributed by atoms with Crippen molar-refractivity contribution in [1.29, 1.82) is 0 Å². The van der Waals surface area contributed by atoms with Crippen LogP contribution in [0.5, 0.6) is 0 Å². The molecule has 1 fully saturated rings. The standard InChI is InChI=1S/C21H26N2O4S/c1-15-5-6-16(2)20(12-15)28(26,27)22-19-9-7-18(8-10-19)21(25)23-11-3-4-17(13-23)14-24/h5-10,12,17,22,24H,3-4,11,13-14H2,1-2H3/t17-/m1/s1. The van der Waals surface area contributed by atoms with Crippen molar-refractivity contribution in [2.24, 2.45) is 5.92 Å². The minimum absolute atomic E-state index is 0.0862. The van der Waals surface area contributed by atoms with Gasteiger partial charge in [-0.3, -0.25) is 9.52 Å². The molecule has 150 valence electrons. The summed E-state index contributed by atoms with van der Waals surface area (Å²) in [6.45, 7) is 4.92. The lowest BCUT2D eigenvalue weighted by atomic mass is 9.98. The first kappa shape index (κ1) is 20.4. The number of aliphatic hydroxyl groups is 1. The van der Waals surface area contributed by atoms with Gasteiger partial charge < -0.3 is 10.0 Å². The van der Waals surface area contributed by atoms with Gasteiger partial charge in [-0.2, -0.15) is 0 Å². The van der Waals surface area contributed by atoms with Gasteiger partial charge in [-0.15, -0.1) is 0 Å². The second-order valence-electron chi connectivity index (χ2n) is 7.39. The number of aliphatic hydroxyl groups excluding tert-OH is 1. The molecule has 0 saturated carbocycles.